The van der Waals surface area contributed by atoms with Gasteiger partial charge in [-0.1, -0.05) is 12.1 Å². The van der Waals surface area contributed by atoms with Crippen molar-refractivity contribution < 1.29 is 18.3 Å². The molecule has 0 unspecified atom stereocenters. The highest BCUT2D eigenvalue weighted by atomic mass is 32.2. The van der Waals surface area contributed by atoms with E-state index in [4.69, 9.17) is 15.6 Å². The average Bonchev–Trinajstić information content (AvgIpc) is 2.42. The molecule has 2 aromatic rings. The smallest absolute Gasteiger partial charge is 0.175 e. The lowest BCUT2D eigenvalue weighted by atomic mass is 10.1. The largest absolute Gasteiger partial charge is 0.455 e. The van der Waals surface area contributed by atoms with Crippen molar-refractivity contribution in [3.05, 3.63) is 48.0 Å². The fourth-order valence-corrected chi connectivity index (χ4v) is 2.49. The van der Waals surface area contributed by atoms with Crippen LogP contribution in [0.5, 0.6) is 11.5 Å². The summed E-state index contributed by atoms with van der Waals surface area (Å²) in [5, 5.41) is 8.86. The van der Waals surface area contributed by atoms with Crippen LogP contribution in [0.25, 0.3) is 0 Å². The topological polar surface area (TPSA) is 89.6 Å². The van der Waals surface area contributed by atoms with Crippen molar-refractivity contribution in [2.45, 2.75) is 11.3 Å². The van der Waals surface area contributed by atoms with E-state index < -0.39 is 9.84 Å². The van der Waals surface area contributed by atoms with Crippen LogP contribution in [-0.2, 0) is 16.3 Å². The maximum absolute atomic E-state index is 11.4. The summed E-state index contributed by atoms with van der Waals surface area (Å²) in [6.07, 6.45) is 1.72. The quantitative estimate of drug-likeness (QED) is 0.825. The molecule has 21 heavy (non-hydrogen) atoms. The molecule has 0 fully saturated rings. The van der Waals surface area contributed by atoms with Crippen molar-refractivity contribution in [2.24, 2.45) is 0 Å². The zero-order valence-corrected chi connectivity index (χ0v) is 12.4. The normalized spacial score (nSPS) is 11.3. The average molecular weight is 307 g/mol. The molecule has 5 nitrogen and oxygen atoms in total. The van der Waals surface area contributed by atoms with Crippen LogP contribution >= 0.6 is 0 Å². The van der Waals surface area contributed by atoms with Crippen LogP contribution in [0.4, 0.5) is 5.69 Å². The van der Waals surface area contributed by atoms with E-state index in [-0.39, 0.29) is 17.2 Å². The first kappa shape index (κ1) is 15.3. The van der Waals surface area contributed by atoms with Crippen LogP contribution < -0.4 is 10.5 Å². The summed E-state index contributed by atoms with van der Waals surface area (Å²) in [5.74, 6) is 0.993. The van der Waals surface area contributed by atoms with Gasteiger partial charge in [-0.3, -0.25) is 0 Å². The van der Waals surface area contributed by atoms with Gasteiger partial charge in [0.25, 0.3) is 0 Å². The summed E-state index contributed by atoms with van der Waals surface area (Å²) in [6.45, 7) is 0.0973. The number of benzene rings is 2. The summed E-state index contributed by atoms with van der Waals surface area (Å²) in [4.78, 5) is 0.158. The van der Waals surface area contributed by atoms with E-state index in [1.54, 1.807) is 12.1 Å². The fourth-order valence-electron chi connectivity index (χ4n) is 1.83. The Kier molecular flexibility index (Phi) is 4.50. The fraction of sp³-hybridized carbons (Fsp3) is 0.200. The van der Waals surface area contributed by atoms with Crippen molar-refractivity contribution >= 4 is 15.5 Å². The standard InChI is InChI=1S/C15H17NO4S/c1-21(18,19)13-6-7-15(14(16)10-13)20-12-4-2-11(3-5-12)8-9-17/h2-7,10,17H,8-9,16H2,1H3. The van der Waals surface area contributed by atoms with Crippen molar-refractivity contribution in [3.63, 3.8) is 0 Å². The summed E-state index contributed by atoms with van der Waals surface area (Å²) < 4.78 is 28.5. The molecule has 3 N–H and O–H groups in total. The van der Waals surface area contributed by atoms with Crippen molar-refractivity contribution in [2.75, 3.05) is 18.6 Å². The van der Waals surface area contributed by atoms with Gasteiger partial charge in [0.15, 0.2) is 9.84 Å². The molecule has 0 saturated carbocycles. The Hall–Kier alpha value is -2.05. The molecule has 2 aromatic carbocycles. The number of nitrogens with two attached hydrogens (primary N) is 1. The molecular formula is C15H17NO4S. The van der Waals surface area contributed by atoms with Crippen LogP contribution in [0.15, 0.2) is 47.4 Å². The van der Waals surface area contributed by atoms with E-state index >= 15 is 0 Å². The predicted molar refractivity (Wildman–Crippen MR) is 81.3 cm³/mol. The first-order chi connectivity index (χ1) is 9.90. The molecule has 0 amide bonds. The number of sulfone groups is 1. The van der Waals surface area contributed by atoms with Gasteiger partial charge in [-0.15, -0.1) is 0 Å². The molecule has 6 heteroatoms. The van der Waals surface area contributed by atoms with E-state index in [0.717, 1.165) is 11.8 Å². The highest BCUT2D eigenvalue weighted by Crippen LogP contribution is 2.29. The Balaban J connectivity index is 2.20. The van der Waals surface area contributed by atoms with Gasteiger partial charge < -0.3 is 15.6 Å². The Labute approximate surface area is 123 Å². The van der Waals surface area contributed by atoms with Gasteiger partial charge >= 0.3 is 0 Å². The zero-order chi connectivity index (χ0) is 15.5. The molecule has 0 aliphatic heterocycles. The summed E-state index contributed by atoms with van der Waals surface area (Å²) in [7, 11) is -3.29. The minimum absolute atomic E-state index is 0.0973. The molecular weight excluding hydrogens is 290 g/mol. The molecule has 0 heterocycles. The van der Waals surface area contributed by atoms with Crippen molar-refractivity contribution in [3.8, 4) is 11.5 Å². The van der Waals surface area contributed by atoms with Gasteiger partial charge in [-0.2, -0.15) is 0 Å². The second-order valence-corrected chi connectivity index (χ2v) is 6.71. The number of nitrogen functional groups attached to an aromatic ring is 1. The molecule has 0 saturated heterocycles. The third-order valence-corrected chi connectivity index (χ3v) is 4.07. The third kappa shape index (κ3) is 3.96. The van der Waals surface area contributed by atoms with E-state index in [1.807, 2.05) is 12.1 Å². The number of aliphatic hydroxyl groups excluding tert-OH is 1. The molecule has 112 valence electrons. The molecule has 0 atom stereocenters. The third-order valence-electron chi connectivity index (χ3n) is 2.96. The molecule has 0 spiro atoms. The number of rotatable bonds is 5. The van der Waals surface area contributed by atoms with Crippen LogP contribution in [0.2, 0.25) is 0 Å². The van der Waals surface area contributed by atoms with Gasteiger partial charge in [0, 0.05) is 12.9 Å². The van der Waals surface area contributed by atoms with Crippen molar-refractivity contribution in [1.29, 1.82) is 0 Å². The van der Waals surface area contributed by atoms with Crippen LogP contribution in [0.1, 0.15) is 5.56 Å². The highest BCUT2D eigenvalue weighted by molar-refractivity contribution is 7.90. The lowest BCUT2D eigenvalue weighted by molar-refractivity contribution is 0.299. The van der Waals surface area contributed by atoms with Crippen molar-refractivity contribution in [1.82, 2.24) is 0 Å². The molecule has 0 aliphatic carbocycles. The van der Waals surface area contributed by atoms with Crippen LogP contribution in [0.3, 0.4) is 0 Å². The summed E-state index contributed by atoms with van der Waals surface area (Å²) in [6, 6.07) is 11.6. The monoisotopic (exact) mass is 307 g/mol. The SMILES string of the molecule is CS(=O)(=O)c1ccc(Oc2ccc(CCO)cc2)c(N)c1. The van der Waals surface area contributed by atoms with Gasteiger partial charge in [-0.05, 0) is 42.3 Å². The Bertz CT molecular complexity index is 724. The second-order valence-electron chi connectivity index (χ2n) is 4.69. The zero-order valence-electron chi connectivity index (χ0n) is 11.6. The first-order valence-electron chi connectivity index (χ1n) is 6.37. The highest BCUT2D eigenvalue weighted by Gasteiger charge is 2.10. The number of ether oxygens (including phenoxy) is 1. The van der Waals surface area contributed by atoms with Gasteiger partial charge in [0.05, 0.1) is 10.6 Å². The Morgan fingerprint density at radius 3 is 2.33 bits per heavy atom. The molecule has 0 aromatic heterocycles. The minimum Gasteiger partial charge on any atom is -0.455 e. The molecule has 0 aliphatic rings. The van der Waals surface area contributed by atoms with E-state index in [9.17, 15) is 8.42 Å². The van der Waals surface area contributed by atoms with Gasteiger partial charge in [-0.25, -0.2) is 8.42 Å². The number of hydrogen-bond acceptors (Lipinski definition) is 5. The van der Waals surface area contributed by atoms with E-state index in [1.165, 1.54) is 18.2 Å². The number of aliphatic hydroxyl groups is 1. The lowest BCUT2D eigenvalue weighted by Crippen LogP contribution is -2.00. The van der Waals surface area contributed by atoms with Gasteiger partial charge in [0.1, 0.15) is 11.5 Å². The van der Waals surface area contributed by atoms with Crippen LogP contribution in [-0.4, -0.2) is 26.4 Å². The van der Waals surface area contributed by atoms with E-state index in [0.29, 0.717) is 17.9 Å². The number of hydrogen-bond donors (Lipinski definition) is 2. The summed E-state index contributed by atoms with van der Waals surface area (Å²) in [5.41, 5.74) is 7.09. The molecule has 0 bridgehead atoms. The summed E-state index contributed by atoms with van der Waals surface area (Å²) >= 11 is 0. The Morgan fingerprint density at radius 2 is 1.81 bits per heavy atom. The predicted octanol–water partition coefficient (Wildman–Crippen LogP) is 2.00. The maximum Gasteiger partial charge on any atom is 0.175 e. The molecule has 0 radical (unpaired) electrons. The van der Waals surface area contributed by atoms with E-state index in [2.05, 4.69) is 0 Å². The second kappa shape index (κ2) is 6.15. The molecule has 2 rings (SSSR count). The maximum atomic E-state index is 11.4. The Morgan fingerprint density at radius 1 is 1.14 bits per heavy atom. The first-order valence-corrected chi connectivity index (χ1v) is 8.26. The minimum atomic E-state index is -3.29. The van der Waals surface area contributed by atoms with Gasteiger partial charge in [0.2, 0.25) is 0 Å². The number of anilines is 1. The lowest BCUT2D eigenvalue weighted by Gasteiger charge is -2.10. The van der Waals surface area contributed by atoms with Crippen LogP contribution in [0, 0.1) is 0 Å².